The van der Waals surface area contributed by atoms with Crippen LogP contribution < -0.4 is 0 Å². The van der Waals surface area contributed by atoms with Crippen molar-refractivity contribution < 1.29 is 14.7 Å². The van der Waals surface area contributed by atoms with Crippen LogP contribution in [0.3, 0.4) is 0 Å². The SMILES string of the molecule is CCCCC[C@H](O)c1ccc([C@H]2CCC(=O)[C@@H]2CCCCCCC(C)=O)cc1. The van der Waals surface area contributed by atoms with Gasteiger partial charge in [0, 0.05) is 18.8 Å². The number of hydrogen-bond donors (Lipinski definition) is 1. The van der Waals surface area contributed by atoms with Gasteiger partial charge in [-0.2, -0.15) is 0 Å². The fourth-order valence-corrected chi connectivity index (χ4v) is 4.48. The molecule has 156 valence electrons. The van der Waals surface area contributed by atoms with Gasteiger partial charge in [-0.25, -0.2) is 0 Å². The summed E-state index contributed by atoms with van der Waals surface area (Å²) in [5, 5.41) is 10.3. The molecule has 1 aromatic carbocycles. The monoisotopic (exact) mass is 386 g/mol. The Morgan fingerprint density at radius 2 is 1.79 bits per heavy atom. The zero-order valence-electron chi connectivity index (χ0n) is 17.8. The molecule has 2 rings (SSSR count). The molecular weight excluding hydrogens is 348 g/mol. The van der Waals surface area contributed by atoms with Gasteiger partial charge in [0.15, 0.2) is 0 Å². The van der Waals surface area contributed by atoms with E-state index in [0.717, 1.165) is 63.4 Å². The van der Waals surface area contributed by atoms with Crippen molar-refractivity contribution in [3.8, 4) is 0 Å². The molecule has 1 aromatic rings. The lowest BCUT2D eigenvalue weighted by molar-refractivity contribution is -0.121. The lowest BCUT2D eigenvalue weighted by Crippen LogP contribution is -2.13. The summed E-state index contributed by atoms with van der Waals surface area (Å²) in [6.07, 6.45) is 11.3. The average Bonchev–Trinajstić information content (AvgIpc) is 3.05. The third kappa shape index (κ3) is 7.16. The molecule has 28 heavy (non-hydrogen) atoms. The number of aliphatic hydroxyl groups excluding tert-OH is 1. The highest BCUT2D eigenvalue weighted by atomic mass is 16.3. The Balaban J connectivity index is 1.84. The molecule has 0 amide bonds. The molecule has 0 heterocycles. The number of carbonyl (C=O) groups excluding carboxylic acids is 2. The molecule has 1 aliphatic carbocycles. The molecule has 3 nitrogen and oxygen atoms in total. The number of aliphatic hydroxyl groups is 1. The molecule has 0 aromatic heterocycles. The van der Waals surface area contributed by atoms with Gasteiger partial charge < -0.3 is 9.90 Å². The number of ketones is 2. The zero-order valence-corrected chi connectivity index (χ0v) is 17.8. The normalized spacial score (nSPS) is 20.5. The van der Waals surface area contributed by atoms with Crippen LogP contribution in [0, 0.1) is 5.92 Å². The number of benzene rings is 1. The molecule has 1 aliphatic rings. The summed E-state index contributed by atoms with van der Waals surface area (Å²) in [6.45, 7) is 3.82. The average molecular weight is 387 g/mol. The molecular formula is C25H38O3. The van der Waals surface area contributed by atoms with Crippen LogP contribution in [-0.2, 0) is 9.59 Å². The van der Waals surface area contributed by atoms with Crippen molar-refractivity contribution in [1.29, 1.82) is 0 Å². The van der Waals surface area contributed by atoms with Crippen LogP contribution in [0.4, 0.5) is 0 Å². The standard InChI is InChI=1S/C25H38O3/c1-3-4-7-12-24(27)21-15-13-20(14-16-21)22-17-18-25(28)23(22)11-9-6-5-8-10-19(2)26/h13-16,22-24,27H,3-12,17-18H2,1-2H3/t22-,23-,24+/m1/s1. The van der Waals surface area contributed by atoms with Crippen molar-refractivity contribution in [3.63, 3.8) is 0 Å². The van der Waals surface area contributed by atoms with Crippen LogP contribution in [0.15, 0.2) is 24.3 Å². The van der Waals surface area contributed by atoms with Gasteiger partial charge in [0.1, 0.15) is 11.6 Å². The molecule has 0 bridgehead atoms. The van der Waals surface area contributed by atoms with Crippen LogP contribution in [0.1, 0.15) is 114 Å². The van der Waals surface area contributed by atoms with Crippen molar-refractivity contribution in [2.75, 3.05) is 0 Å². The minimum atomic E-state index is -0.378. The fraction of sp³-hybridized carbons (Fsp3) is 0.680. The van der Waals surface area contributed by atoms with E-state index >= 15 is 0 Å². The molecule has 1 N–H and O–H groups in total. The van der Waals surface area contributed by atoms with Gasteiger partial charge in [-0.1, -0.05) is 69.7 Å². The Bertz CT molecular complexity index is 605. The third-order valence-corrected chi connectivity index (χ3v) is 6.23. The van der Waals surface area contributed by atoms with Gasteiger partial charge >= 0.3 is 0 Å². The van der Waals surface area contributed by atoms with E-state index in [4.69, 9.17) is 0 Å². The zero-order chi connectivity index (χ0) is 20.4. The van der Waals surface area contributed by atoms with E-state index < -0.39 is 0 Å². The molecule has 0 aliphatic heterocycles. The van der Waals surface area contributed by atoms with Crippen molar-refractivity contribution >= 4 is 11.6 Å². The van der Waals surface area contributed by atoms with E-state index in [1.807, 2.05) is 12.1 Å². The fourth-order valence-electron chi connectivity index (χ4n) is 4.48. The molecule has 0 saturated heterocycles. The van der Waals surface area contributed by atoms with Gasteiger partial charge in [0.25, 0.3) is 0 Å². The lowest BCUT2D eigenvalue weighted by Gasteiger charge is -2.20. The summed E-state index contributed by atoms with van der Waals surface area (Å²) in [6, 6.07) is 8.35. The van der Waals surface area contributed by atoms with E-state index in [1.54, 1.807) is 6.92 Å². The van der Waals surface area contributed by atoms with Gasteiger partial charge in [0.2, 0.25) is 0 Å². The van der Waals surface area contributed by atoms with Crippen LogP contribution in [0.25, 0.3) is 0 Å². The van der Waals surface area contributed by atoms with Gasteiger partial charge in [-0.3, -0.25) is 4.79 Å². The minimum Gasteiger partial charge on any atom is -0.388 e. The van der Waals surface area contributed by atoms with Crippen molar-refractivity contribution in [3.05, 3.63) is 35.4 Å². The first-order valence-corrected chi connectivity index (χ1v) is 11.3. The minimum absolute atomic E-state index is 0.146. The molecule has 0 spiro atoms. The largest absolute Gasteiger partial charge is 0.388 e. The summed E-state index contributed by atoms with van der Waals surface area (Å²) >= 11 is 0. The second kappa shape index (κ2) is 12.2. The number of unbranched alkanes of at least 4 members (excludes halogenated alkanes) is 5. The van der Waals surface area contributed by atoms with Gasteiger partial charge in [-0.15, -0.1) is 0 Å². The van der Waals surface area contributed by atoms with Crippen molar-refractivity contribution in [2.45, 2.75) is 103 Å². The van der Waals surface area contributed by atoms with Crippen LogP contribution in [0.5, 0.6) is 0 Å². The summed E-state index contributed by atoms with van der Waals surface area (Å²) in [5.74, 6) is 1.16. The maximum atomic E-state index is 12.4. The number of Topliss-reactive ketones (excluding diaryl/α,β-unsaturated/α-hetero) is 2. The predicted molar refractivity (Wildman–Crippen MR) is 114 cm³/mol. The highest BCUT2D eigenvalue weighted by Gasteiger charge is 2.34. The second-order valence-corrected chi connectivity index (χ2v) is 8.55. The Hall–Kier alpha value is -1.48. The Labute approximate surface area is 170 Å². The van der Waals surface area contributed by atoms with Gasteiger partial charge in [0.05, 0.1) is 6.10 Å². The smallest absolute Gasteiger partial charge is 0.136 e. The molecule has 1 fully saturated rings. The summed E-state index contributed by atoms with van der Waals surface area (Å²) in [5.41, 5.74) is 2.24. The summed E-state index contributed by atoms with van der Waals surface area (Å²) < 4.78 is 0. The van der Waals surface area contributed by atoms with Crippen LogP contribution in [0.2, 0.25) is 0 Å². The summed E-state index contributed by atoms with van der Waals surface area (Å²) in [4.78, 5) is 23.4. The molecule has 0 unspecified atom stereocenters. The van der Waals surface area contributed by atoms with E-state index in [-0.39, 0.29) is 17.8 Å². The topological polar surface area (TPSA) is 54.4 Å². The molecule has 3 atom stereocenters. The first-order valence-electron chi connectivity index (χ1n) is 11.3. The maximum absolute atomic E-state index is 12.4. The number of rotatable bonds is 13. The van der Waals surface area contributed by atoms with E-state index in [1.165, 1.54) is 12.0 Å². The van der Waals surface area contributed by atoms with Crippen molar-refractivity contribution in [2.24, 2.45) is 5.92 Å². The van der Waals surface area contributed by atoms with Crippen LogP contribution in [-0.4, -0.2) is 16.7 Å². The second-order valence-electron chi connectivity index (χ2n) is 8.55. The van der Waals surface area contributed by atoms with E-state index in [2.05, 4.69) is 19.1 Å². The molecule has 0 radical (unpaired) electrons. The highest BCUT2D eigenvalue weighted by molar-refractivity contribution is 5.84. The number of carbonyl (C=O) groups is 2. The summed E-state index contributed by atoms with van der Waals surface area (Å²) in [7, 11) is 0. The lowest BCUT2D eigenvalue weighted by atomic mass is 9.84. The molecule has 3 heteroatoms. The Morgan fingerprint density at radius 3 is 2.46 bits per heavy atom. The predicted octanol–water partition coefficient (Wildman–Crippen LogP) is 6.29. The highest BCUT2D eigenvalue weighted by Crippen LogP contribution is 2.40. The molecule has 1 saturated carbocycles. The van der Waals surface area contributed by atoms with Crippen molar-refractivity contribution in [1.82, 2.24) is 0 Å². The van der Waals surface area contributed by atoms with Gasteiger partial charge in [-0.05, 0) is 49.7 Å². The Kier molecular flexibility index (Phi) is 9.91. The first kappa shape index (κ1) is 22.8. The van der Waals surface area contributed by atoms with E-state index in [0.29, 0.717) is 24.5 Å². The van der Waals surface area contributed by atoms with Crippen LogP contribution >= 0.6 is 0 Å². The Morgan fingerprint density at radius 1 is 1.07 bits per heavy atom. The quantitative estimate of drug-likeness (QED) is 0.405. The first-order chi connectivity index (χ1) is 13.5. The maximum Gasteiger partial charge on any atom is 0.136 e. The van der Waals surface area contributed by atoms with E-state index in [9.17, 15) is 14.7 Å². The third-order valence-electron chi connectivity index (χ3n) is 6.23. The number of hydrogen-bond acceptors (Lipinski definition) is 3.